The van der Waals surface area contributed by atoms with Crippen molar-refractivity contribution in [1.29, 1.82) is 5.26 Å². The zero-order chi connectivity index (χ0) is 22.9. The van der Waals surface area contributed by atoms with Gasteiger partial charge in [0.15, 0.2) is 11.5 Å². The van der Waals surface area contributed by atoms with Crippen molar-refractivity contribution >= 4 is 22.7 Å². The van der Waals surface area contributed by atoms with E-state index in [0.29, 0.717) is 11.3 Å². The van der Waals surface area contributed by atoms with Gasteiger partial charge < -0.3 is 9.52 Å². The molecule has 1 N–H and O–H groups in total. The van der Waals surface area contributed by atoms with Crippen LogP contribution in [0.2, 0.25) is 0 Å². The Kier molecular flexibility index (Phi) is 5.55. The third-order valence-electron chi connectivity index (χ3n) is 4.52. The first-order valence-corrected chi connectivity index (χ1v) is 9.97. The van der Waals surface area contributed by atoms with Crippen LogP contribution in [-0.4, -0.2) is 10.1 Å². The highest BCUT2D eigenvalue weighted by Gasteiger charge is 2.30. The van der Waals surface area contributed by atoms with Gasteiger partial charge in [0.05, 0.1) is 11.3 Å². The van der Waals surface area contributed by atoms with Crippen molar-refractivity contribution in [3.63, 3.8) is 0 Å². The standard InChI is InChI=1S/C23H12F4N2O2S/c24-16-6-4-13(5-7-16)18-12-32-22(29-18)17(11-28)21(30)20-9-8-19(31-20)14-2-1-3-15(10-14)23(25,26)27/h1-10,12,30H/b21-17-. The molecule has 0 amide bonds. The van der Waals surface area contributed by atoms with E-state index in [4.69, 9.17) is 4.42 Å². The van der Waals surface area contributed by atoms with Crippen LogP contribution in [0.1, 0.15) is 16.3 Å². The van der Waals surface area contributed by atoms with Crippen molar-refractivity contribution in [1.82, 2.24) is 4.98 Å². The number of nitriles is 1. The summed E-state index contributed by atoms with van der Waals surface area (Å²) >= 11 is 1.10. The van der Waals surface area contributed by atoms with Gasteiger partial charge in [0.1, 0.15) is 28.2 Å². The molecule has 32 heavy (non-hydrogen) atoms. The number of allylic oxidation sites excluding steroid dienone is 1. The van der Waals surface area contributed by atoms with Crippen molar-refractivity contribution in [2.45, 2.75) is 6.18 Å². The molecule has 4 aromatic rings. The molecule has 0 spiro atoms. The smallest absolute Gasteiger partial charge is 0.416 e. The summed E-state index contributed by atoms with van der Waals surface area (Å²) < 4.78 is 57.5. The number of aliphatic hydroxyl groups is 1. The topological polar surface area (TPSA) is 70.0 Å². The number of alkyl halides is 3. The summed E-state index contributed by atoms with van der Waals surface area (Å²) in [5.74, 6) is -0.881. The molecule has 4 nitrogen and oxygen atoms in total. The quantitative estimate of drug-likeness (QED) is 0.201. The van der Waals surface area contributed by atoms with E-state index in [9.17, 15) is 27.9 Å². The van der Waals surface area contributed by atoms with Gasteiger partial charge in [-0.2, -0.15) is 18.4 Å². The van der Waals surface area contributed by atoms with Gasteiger partial charge in [-0.25, -0.2) is 9.37 Å². The number of hydrogen-bond donors (Lipinski definition) is 1. The van der Waals surface area contributed by atoms with Gasteiger partial charge in [0, 0.05) is 16.5 Å². The van der Waals surface area contributed by atoms with E-state index in [2.05, 4.69) is 4.98 Å². The highest BCUT2D eigenvalue weighted by atomic mass is 32.1. The van der Waals surface area contributed by atoms with E-state index < -0.39 is 23.3 Å². The van der Waals surface area contributed by atoms with Crippen molar-refractivity contribution in [2.24, 2.45) is 0 Å². The lowest BCUT2D eigenvalue weighted by atomic mass is 10.1. The molecule has 0 bridgehead atoms. The predicted molar refractivity (Wildman–Crippen MR) is 112 cm³/mol. The maximum absolute atomic E-state index is 13.1. The summed E-state index contributed by atoms with van der Waals surface area (Å²) in [4.78, 5) is 4.32. The molecule has 0 aliphatic carbocycles. The summed E-state index contributed by atoms with van der Waals surface area (Å²) in [7, 11) is 0. The lowest BCUT2D eigenvalue weighted by molar-refractivity contribution is -0.137. The molecule has 4 rings (SSSR count). The molecule has 0 aliphatic rings. The van der Waals surface area contributed by atoms with Crippen LogP contribution < -0.4 is 0 Å². The van der Waals surface area contributed by atoms with Gasteiger partial charge >= 0.3 is 6.18 Å². The van der Waals surface area contributed by atoms with Crippen molar-refractivity contribution in [3.8, 4) is 28.7 Å². The minimum absolute atomic E-state index is 0.0903. The first-order chi connectivity index (χ1) is 15.3. The molecule has 2 aromatic carbocycles. The number of rotatable bonds is 4. The van der Waals surface area contributed by atoms with Crippen LogP contribution in [0.15, 0.2) is 70.5 Å². The summed E-state index contributed by atoms with van der Waals surface area (Å²) in [6.45, 7) is 0. The average molecular weight is 456 g/mol. The number of thiazole rings is 1. The van der Waals surface area contributed by atoms with Crippen LogP contribution in [0.4, 0.5) is 17.6 Å². The minimum atomic E-state index is -4.51. The van der Waals surface area contributed by atoms with Gasteiger partial charge in [-0.15, -0.1) is 11.3 Å². The Hall–Kier alpha value is -3.90. The fraction of sp³-hybridized carbons (Fsp3) is 0.0435. The van der Waals surface area contributed by atoms with E-state index >= 15 is 0 Å². The molecule has 9 heteroatoms. The Morgan fingerprint density at radius 3 is 2.47 bits per heavy atom. The highest BCUT2D eigenvalue weighted by molar-refractivity contribution is 7.11. The third kappa shape index (κ3) is 4.26. The molecule has 0 atom stereocenters. The molecule has 2 aromatic heterocycles. The molecule has 0 radical (unpaired) electrons. The number of aromatic nitrogens is 1. The maximum atomic E-state index is 13.1. The number of aliphatic hydroxyl groups excluding tert-OH is 1. The zero-order valence-corrected chi connectivity index (χ0v) is 16.8. The fourth-order valence-electron chi connectivity index (χ4n) is 2.94. The van der Waals surface area contributed by atoms with Gasteiger partial charge in [0.2, 0.25) is 0 Å². The van der Waals surface area contributed by atoms with Crippen LogP contribution >= 0.6 is 11.3 Å². The van der Waals surface area contributed by atoms with E-state index in [1.807, 2.05) is 6.07 Å². The lowest BCUT2D eigenvalue weighted by Gasteiger charge is -2.07. The van der Waals surface area contributed by atoms with E-state index in [0.717, 1.165) is 23.5 Å². The Bertz CT molecular complexity index is 1350. The molecule has 0 saturated heterocycles. The molecule has 0 unspecified atom stereocenters. The summed E-state index contributed by atoms with van der Waals surface area (Å²) in [6, 6.07) is 14.9. The van der Waals surface area contributed by atoms with Crippen molar-refractivity contribution < 1.29 is 27.1 Å². The van der Waals surface area contributed by atoms with Gasteiger partial charge in [-0.05, 0) is 48.5 Å². The number of nitrogens with zero attached hydrogens (tertiary/aromatic N) is 2. The molecular formula is C23H12F4N2O2S. The monoisotopic (exact) mass is 456 g/mol. The largest absolute Gasteiger partial charge is 0.503 e. The number of furan rings is 1. The number of hydrogen-bond acceptors (Lipinski definition) is 5. The zero-order valence-electron chi connectivity index (χ0n) is 16.0. The summed E-state index contributed by atoms with van der Waals surface area (Å²) in [5, 5.41) is 22.0. The van der Waals surface area contributed by atoms with E-state index in [1.54, 1.807) is 5.38 Å². The Balaban J connectivity index is 1.67. The Labute approximate surface area is 183 Å². The summed E-state index contributed by atoms with van der Waals surface area (Å²) in [6.07, 6.45) is -4.51. The molecule has 2 heterocycles. The van der Waals surface area contributed by atoms with Crippen LogP contribution in [0.5, 0.6) is 0 Å². The second-order valence-electron chi connectivity index (χ2n) is 6.62. The van der Waals surface area contributed by atoms with E-state index in [1.165, 1.54) is 48.5 Å². The van der Waals surface area contributed by atoms with Gasteiger partial charge in [0.25, 0.3) is 0 Å². The van der Waals surface area contributed by atoms with Crippen LogP contribution in [0, 0.1) is 17.1 Å². The second-order valence-corrected chi connectivity index (χ2v) is 7.48. The summed E-state index contributed by atoms with van der Waals surface area (Å²) in [5.41, 5.74) is 0.310. The lowest BCUT2D eigenvalue weighted by Crippen LogP contribution is -2.04. The second kappa shape index (κ2) is 8.32. The van der Waals surface area contributed by atoms with Crippen LogP contribution in [0.3, 0.4) is 0 Å². The number of benzene rings is 2. The molecule has 160 valence electrons. The Morgan fingerprint density at radius 1 is 1.03 bits per heavy atom. The van der Waals surface area contributed by atoms with Crippen LogP contribution in [0.25, 0.3) is 33.9 Å². The first-order valence-electron chi connectivity index (χ1n) is 9.09. The molecule has 0 fully saturated rings. The van der Waals surface area contributed by atoms with Crippen molar-refractivity contribution in [3.05, 3.63) is 88.2 Å². The maximum Gasteiger partial charge on any atom is 0.416 e. The third-order valence-corrected chi connectivity index (χ3v) is 5.38. The highest BCUT2D eigenvalue weighted by Crippen LogP contribution is 2.35. The predicted octanol–water partition coefficient (Wildman–Crippen LogP) is 7.18. The minimum Gasteiger partial charge on any atom is -0.503 e. The molecule has 0 saturated carbocycles. The van der Waals surface area contributed by atoms with Gasteiger partial charge in [-0.1, -0.05) is 12.1 Å². The van der Waals surface area contributed by atoms with Gasteiger partial charge in [-0.3, -0.25) is 0 Å². The number of halogens is 4. The molecule has 0 aliphatic heterocycles. The van der Waals surface area contributed by atoms with E-state index in [-0.39, 0.29) is 27.7 Å². The first kappa shape index (κ1) is 21.3. The molecular weight excluding hydrogens is 444 g/mol. The Morgan fingerprint density at radius 2 is 1.78 bits per heavy atom. The SMILES string of the molecule is N#C/C(=C(/O)c1ccc(-c2cccc(C(F)(F)F)c2)o1)c1nc(-c2ccc(F)cc2)cs1. The van der Waals surface area contributed by atoms with Crippen molar-refractivity contribution in [2.75, 3.05) is 0 Å². The van der Waals surface area contributed by atoms with Crippen LogP contribution in [-0.2, 0) is 6.18 Å². The fourth-order valence-corrected chi connectivity index (χ4v) is 3.76. The average Bonchev–Trinajstić information content (AvgIpc) is 3.45. The normalized spacial score (nSPS) is 12.3.